The van der Waals surface area contributed by atoms with Crippen molar-refractivity contribution in [2.45, 2.75) is 0 Å². The fourth-order valence-corrected chi connectivity index (χ4v) is 5.78. The Labute approximate surface area is 213 Å². The predicted octanol–water partition coefficient (Wildman–Crippen LogP) is 10.3. The molecular weight excluding hydrogens is 456 g/mol. The topological polar surface area (TPSA) is 13.1 Å². The van der Waals surface area contributed by atoms with E-state index in [9.17, 15) is 0 Å². The molecule has 2 aromatic heterocycles. The number of para-hydroxylation sites is 1. The smallest absolute Gasteiger partial charge is 0.135 e. The third-order valence-electron chi connectivity index (χ3n) is 6.74. The van der Waals surface area contributed by atoms with Crippen LogP contribution in [0.25, 0.3) is 65.1 Å². The lowest BCUT2D eigenvalue weighted by atomic mass is 10.00. The first-order valence-corrected chi connectivity index (χ1v) is 12.9. The highest BCUT2D eigenvalue weighted by atomic mass is 32.1. The Morgan fingerprint density at radius 2 is 0.944 bits per heavy atom. The minimum atomic E-state index is 0.904. The molecule has 0 N–H and O–H groups in total. The number of hydrogen-bond acceptors (Lipinski definition) is 2. The zero-order valence-corrected chi connectivity index (χ0v) is 20.3. The van der Waals surface area contributed by atoms with Gasteiger partial charge in [0.1, 0.15) is 11.3 Å². The average molecular weight is 479 g/mol. The van der Waals surface area contributed by atoms with Crippen molar-refractivity contribution in [2.75, 3.05) is 0 Å². The zero-order valence-electron chi connectivity index (χ0n) is 19.5. The number of thiophene rings is 1. The molecule has 36 heavy (non-hydrogen) atoms. The van der Waals surface area contributed by atoms with Crippen molar-refractivity contribution in [3.8, 4) is 43.3 Å². The third-order valence-corrected chi connectivity index (χ3v) is 7.92. The van der Waals surface area contributed by atoms with Crippen molar-refractivity contribution in [3.63, 3.8) is 0 Å². The molecule has 0 unspecified atom stereocenters. The van der Waals surface area contributed by atoms with Crippen molar-refractivity contribution in [1.82, 2.24) is 0 Å². The van der Waals surface area contributed by atoms with Gasteiger partial charge >= 0.3 is 0 Å². The molecule has 2 heteroatoms. The van der Waals surface area contributed by atoms with Crippen molar-refractivity contribution in [3.05, 3.63) is 133 Å². The van der Waals surface area contributed by atoms with E-state index in [1.54, 1.807) is 0 Å². The molecule has 5 aromatic carbocycles. The van der Waals surface area contributed by atoms with E-state index in [2.05, 4.69) is 115 Å². The van der Waals surface area contributed by atoms with Gasteiger partial charge < -0.3 is 4.42 Å². The molecule has 0 radical (unpaired) electrons. The SMILES string of the molecule is c1ccc2cc(-c3ccc(-c4ccc(-c5ccc(-c6cc7ccccc7o6)cc5)s4)cc3)ccc2c1. The van der Waals surface area contributed by atoms with Crippen LogP contribution in [0.2, 0.25) is 0 Å². The normalized spacial score (nSPS) is 11.3. The van der Waals surface area contributed by atoms with E-state index in [1.165, 1.54) is 42.8 Å². The maximum absolute atomic E-state index is 6.03. The van der Waals surface area contributed by atoms with Crippen LogP contribution in [0.3, 0.4) is 0 Å². The molecule has 170 valence electrons. The van der Waals surface area contributed by atoms with Gasteiger partial charge in [-0.05, 0) is 63.4 Å². The summed E-state index contributed by atoms with van der Waals surface area (Å²) in [4.78, 5) is 2.54. The highest BCUT2D eigenvalue weighted by Gasteiger charge is 2.09. The molecule has 7 aromatic rings. The first-order chi connectivity index (χ1) is 17.8. The minimum absolute atomic E-state index is 0.904. The lowest BCUT2D eigenvalue weighted by molar-refractivity contribution is 0.631. The monoisotopic (exact) mass is 478 g/mol. The summed E-state index contributed by atoms with van der Waals surface area (Å²) in [6, 6.07) is 47.4. The Morgan fingerprint density at radius 1 is 0.389 bits per heavy atom. The Balaban J connectivity index is 1.13. The van der Waals surface area contributed by atoms with Gasteiger partial charge in [0.2, 0.25) is 0 Å². The van der Waals surface area contributed by atoms with Crippen LogP contribution in [0.1, 0.15) is 0 Å². The largest absolute Gasteiger partial charge is 0.456 e. The van der Waals surface area contributed by atoms with Gasteiger partial charge in [-0.1, -0.05) is 103 Å². The van der Waals surface area contributed by atoms with E-state index in [-0.39, 0.29) is 0 Å². The predicted molar refractivity (Wildman–Crippen MR) is 153 cm³/mol. The summed E-state index contributed by atoms with van der Waals surface area (Å²) in [5, 5.41) is 3.68. The van der Waals surface area contributed by atoms with E-state index in [0.29, 0.717) is 0 Å². The summed E-state index contributed by atoms with van der Waals surface area (Å²) in [5.41, 5.74) is 6.97. The van der Waals surface area contributed by atoms with Gasteiger partial charge in [0.25, 0.3) is 0 Å². The second-order valence-electron chi connectivity index (χ2n) is 9.03. The number of hydrogen-bond donors (Lipinski definition) is 0. The third kappa shape index (κ3) is 3.82. The fourth-order valence-electron chi connectivity index (χ4n) is 4.77. The zero-order chi connectivity index (χ0) is 23.9. The molecule has 0 aliphatic heterocycles. The maximum Gasteiger partial charge on any atom is 0.135 e. The first kappa shape index (κ1) is 20.9. The molecule has 1 nitrogen and oxygen atoms in total. The van der Waals surface area contributed by atoms with Crippen LogP contribution in [-0.2, 0) is 0 Å². The Kier molecular flexibility index (Phi) is 5.04. The van der Waals surface area contributed by atoms with E-state index in [4.69, 9.17) is 4.42 Å². The molecule has 2 heterocycles. The van der Waals surface area contributed by atoms with Crippen LogP contribution in [0, 0.1) is 0 Å². The van der Waals surface area contributed by atoms with Gasteiger partial charge in [-0.25, -0.2) is 0 Å². The molecule has 0 fully saturated rings. The molecule has 0 saturated carbocycles. The van der Waals surface area contributed by atoms with E-state index < -0.39 is 0 Å². The number of benzene rings is 5. The van der Waals surface area contributed by atoms with E-state index in [1.807, 2.05) is 29.5 Å². The lowest BCUT2D eigenvalue weighted by Gasteiger charge is -2.06. The van der Waals surface area contributed by atoms with Crippen LogP contribution >= 0.6 is 11.3 Å². The molecule has 0 bridgehead atoms. The van der Waals surface area contributed by atoms with Crippen LogP contribution in [0.4, 0.5) is 0 Å². The van der Waals surface area contributed by atoms with Gasteiger partial charge in [0.05, 0.1) is 0 Å². The van der Waals surface area contributed by atoms with Gasteiger partial charge in [0, 0.05) is 20.7 Å². The highest BCUT2D eigenvalue weighted by Crippen LogP contribution is 2.37. The van der Waals surface area contributed by atoms with Crippen LogP contribution in [0.15, 0.2) is 138 Å². The fraction of sp³-hybridized carbons (Fsp3) is 0. The Hall–Kier alpha value is -4.40. The average Bonchev–Trinajstić information content (AvgIpc) is 3.61. The second kappa shape index (κ2) is 8.67. The van der Waals surface area contributed by atoms with Crippen molar-refractivity contribution < 1.29 is 4.42 Å². The Morgan fingerprint density at radius 3 is 1.64 bits per heavy atom. The second-order valence-corrected chi connectivity index (χ2v) is 10.1. The summed E-state index contributed by atoms with van der Waals surface area (Å²) >= 11 is 1.82. The minimum Gasteiger partial charge on any atom is -0.456 e. The summed E-state index contributed by atoms with van der Waals surface area (Å²) in [5.74, 6) is 0.904. The summed E-state index contributed by atoms with van der Waals surface area (Å²) in [6.45, 7) is 0. The van der Waals surface area contributed by atoms with Gasteiger partial charge in [0.15, 0.2) is 0 Å². The van der Waals surface area contributed by atoms with Crippen LogP contribution in [0.5, 0.6) is 0 Å². The molecular formula is C34H22OS. The lowest BCUT2D eigenvalue weighted by Crippen LogP contribution is -1.80. The van der Waals surface area contributed by atoms with Crippen molar-refractivity contribution in [1.29, 1.82) is 0 Å². The summed E-state index contributed by atoms with van der Waals surface area (Å²) in [7, 11) is 0. The number of rotatable bonds is 4. The highest BCUT2D eigenvalue weighted by molar-refractivity contribution is 7.18. The Bertz CT molecular complexity index is 1790. The van der Waals surface area contributed by atoms with Gasteiger partial charge in [-0.15, -0.1) is 11.3 Å². The first-order valence-electron chi connectivity index (χ1n) is 12.1. The summed E-state index contributed by atoms with van der Waals surface area (Å²) in [6.07, 6.45) is 0. The van der Waals surface area contributed by atoms with E-state index in [0.717, 1.165) is 22.3 Å². The quantitative estimate of drug-likeness (QED) is 0.245. The molecule has 0 aliphatic rings. The number of fused-ring (bicyclic) bond motifs is 2. The maximum atomic E-state index is 6.03. The molecule has 0 spiro atoms. The number of furan rings is 1. The van der Waals surface area contributed by atoms with Crippen LogP contribution < -0.4 is 0 Å². The molecule has 0 atom stereocenters. The van der Waals surface area contributed by atoms with Gasteiger partial charge in [-0.3, -0.25) is 0 Å². The van der Waals surface area contributed by atoms with Crippen LogP contribution in [-0.4, -0.2) is 0 Å². The van der Waals surface area contributed by atoms with Crippen molar-refractivity contribution >= 4 is 33.1 Å². The van der Waals surface area contributed by atoms with Gasteiger partial charge in [-0.2, -0.15) is 0 Å². The van der Waals surface area contributed by atoms with E-state index >= 15 is 0 Å². The molecule has 0 aliphatic carbocycles. The van der Waals surface area contributed by atoms with Crippen molar-refractivity contribution in [2.24, 2.45) is 0 Å². The standard InChI is InChI=1S/C34H22OS/c1-2-6-28-21-29(18-11-23(28)5-1)24-9-14-26(15-10-24)33-19-20-34(36-33)27-16-12-25(13-17-27)32-22-30-7-3-4-8-31(30)35-32/h1-22H. The molecule has 7 rings (SSSR count). The summed E-state index contributed by atoms with van der Waals surface area (Å²) < 4.78 is 6.03. The molecule has 0 amide bonds. The molecule has 0 saturated heterocycles.